The van der Waals surface area contributed by atoms with Crippen molar-refractivity contribution in [1.82, 2.24) is 19.6 Å². The molecular formula is C21H27FN4O. The van der Waals surface area contributed by atoms with Gasteiger partial charge in [-0.05, 0) is 57.1 Å². The summed E-state index contributed by atoms with van der Waals surface area (Å²) >= 11 is 0. The molecular weight excluding hydrogens is 343 g/mol. The van der Waals surface area contributed by atoms with E-state index in [1.54, 1.807) is 19.1 Å². The first-order chi connectivity index (χ1) is 13.0. The molecule has 1 amide bonds. The van der Waals surface area contributed by atoms with Crippen LogP contribution in [-0.4, -0.2) is 51.7 Å². The Kier molecular flexibility index (Phi) is 5.00. The third kappa shape index (κ3) is 3.63. The van der Waals surface area contributed by atoms with Crippen molar-refractivity contribution in [2.75, 3.05) is 20.1 Å². The lowest BCUT2D eigenvalue weighted by Gasteiger charge is -2.27. The van der Waals surface area contributed by atoms with Crippen molar-refractivity contribution in [2.24, 2.45) is 0 Å². The summed E-state index contributed by atoms with van der Waals surface area (Å²) in [5.74, 6) is -0.160. The van der Waals surface area contributed by atoms with Crippen LogP contribution in [0.3, 0.4) is 0 Å². The molecule has 1 atom stereocenters. The third-order valence-electron chi connectivity index (χ3n) is 6.04. The molecule has 2 aliphatic heterocycles. The van der Waals surface area contributed by atoms with Gasteiger partial charge in [-0.2, -0.15) is 5.10 Å². The van der Waals surface area contributed by atoms with E-state index >= 15 is 0 Å². The Labute approximate surface area is 159 Å². The van der Waals surface area contributed by atoms with E-state index in [9.17, 15) is 9.18 Å². The number of amides is 1. The number of nitrogens with zero attached hydrogens (tertiary/aromatic N) is 4. The van der Waals surface area contributed by atoms with Crippen LogP contribution in [0.1, 0.15) is 37.4 Å². The van der Waals surface area contributed by atoms with Gasteiger partial charge in [0.2, 0.25) is 5.91 Å². The number of fused-ring (bicyclic) bond motifs is 1. The van der Waals surface area contributed by atoms with E-state index in [0.29, 0.717) is 12.6 Å². The summed E-state index contributed by atoms with van der Waals surface area (Å²) in [5.41, 5.74) is 4.14. The van der Waals surface area contributed by atoms with Crippen LogP contribution >= 0.6 is 0 Å². The van der Waals surface area contributed by atoms with Gasteiger partial charge in [0.05, 0.1) is 5.69 Å². The monoisotopic (exact) mass is 370 g/mol. The molecule has 3 heterocycles. The predicted molar refractivity (Wildman–Crippen MR) is 103 cm³/mol. The van der Waals surface area contributed by atoms with E-state index in [2.05, 4.69) is 16.6 Å². The molecule has 0 aliphatic carbocycles. The Balaban J connectivity index is 1.65. The Bertz CT molecular complexity index is 829. The van der Waals surface area contributed by atoms with Gasteiger partial charge in [0, 0.05) is 55.8 Å². The lowest BCUT2D eigenvalue weighted by molar-refractivity contribution is -0.129. The van der Waals surface area contributed by atoms with Crippen LogP contribution in [0.4, 0.5) is 4.39 Å². The second-order valence-corrected chi connectivity index (χ2v) is 7.76. The summed E-state index contributed by atoms with van der Waals surface area (Å²) in [6.07, 6.45) is 4.43. The Morgan fingerprint density at radius 2 is 2.04 bits per heavy atom. The second kappa shape index (κ2) is 7.43. The van der Waals surface area contributed by atoms with E-state index in [-0.39, 0.29) is 11.7 Å². The average molecular weight is 370 g/mol. The molecule has 2 aromatic rings. The van der Waals surface area contributed by atoms with Gasteiger partial charge in [0.15, 0.2) is 0 Å². The average Bonchev–Trinajstić information content (AvgIpc) is 3.23. The van der Waals surface area contributed by atoms with Crippen molar-refractivity contribution in [3.63, 3.8) is 0 Å². The molecule has 1 saturated heterocycles. The van der Waals surface area contributed by atoms with Crippen LogP contribution in [-0.2, 0) is 24.3 Å². The molecule has 0 bridgehead atoms. The lowest BCUT2D eigenvalue weighted by Crippen LogP contribution is -2.35. The molecule has 1 fully saturated rings. The number of halogens is 1. The van der Waals surface area contributed by atoms with Crippen LogP contribution < -0.4 is 0 Å². The fraction of sp³-hybridized carbons (Fsp3) is 0.524. The highest BCUT2D eigenvalue weighted by atomic mass is 19.1. The molecule has 144 valence electrons. The SMILES string of the molecule is CC(=O)N1CCc2c(c(-c3ccc(F)cc3)nn2CCC2CCCN2C)C1. The number of aromatic nitrogens is 2. The minimum atomic E-state index is -0.248. The van der Waals surface area contributed by atoms with Gasteiger partial charge in [-0.25, -0.2) is 4.39 Å². The topological polar surface area (TPSA) is 41.4 Å². The van der Waals surface area contributed by atoms with Crippen molar-refractivity contribution >= 4 is 5.91 Å². The maximum absolute atomic E-state index is 13.4. The second-order valence-electron chi connectivity index (χ2n) is 7.76. The maximum Gasteiger partial charge on any atom is 0.219 e. The van der Waals surface area contributed by atoms with Crippen LogP contribution in [0, 0.1) is 5.82 Å². The van der Waals surface area contributed by atoms with Gasteiger partial charge in [0.1, 0.15) is 5.82 Å². The molecule has 0 N–H and O–H groups in total. The normalized spacial score (nSPS) is 20.1. The summed E-state index contributed by atoms with van der Waals surface area (Å²) in [7, 11) is 2.20. The zero-order chi connectivity index (χ0) is 19.0. The van der Waals surface area contributed by atoms with E-state index in [1.165, 1.54) is 37.2 Å². The molecule has 1 aromatic carbocycles. The molecule has 5 nitrogen and oxygen atoms in total. The number of hydrogen-bond acceptors (Lipinski definition) is 3. The number of carbonyl (C=O) groups excluding carboxylic acids is 1. The highest BCUT2D eigenvalue weighted by Crippen LogP contribution is 2.31. The minimum Gasteiger partial charge on any atom is -0.338 e. The number of carbonyl (C=O) groups is 1. The fourth-order valence-corrected chi connectivity index (χ4v) is 4.40. The summed E-state index contributed by atoms with van der Waals surface area (Å²) in [6.45, 7) is 5.00. The molecule has 0 saturated carbocycles. The molecule has 27 heavy (non-hydrogen) atoms. The molecule has 4 rings (SSSR count). The number of benzene rings is 1. The molecule has 0 spiro atoms. The predicted octanol–water partition coefficient (Wildman–Crippen LogP) is 3.08. The largest absolute Gasteiger partial charge is 0.338 e. The quantitative estimate of drug-likeness (QED) is 0.831. The van der Waals surface area contributed by atoms with Crippen LogP contribution in [0.5, 0.6) is 0 Å². The summed E-state index contributed by atoms with van der Waals surface area (Å²) in [4.78, 5) is 16.2. The van der Waals surface area contributed by atoms with Gasteiger partial charge in [-0.15, -0.1) is 0 Å². The Hall–Kier alpha value is -2.21. The van der Waals surface area contributed by atoms with Gasteiger partial charge in [-0.3, -0.25) is 9.48 Å². The van der Waals surface area contributed by atoms with Crippen molar-refractivity contribution < 1.29 is 9.18 Å². The van der Waals surface area contributed by atoms with Crippen molar-refractivity contribution in [3.8, 4) is 11.3 Å². The van der Waals surface area contributed by atoms with Crippen molar-refractivity contribution in [3.05, 3.63) is 41.3 Å². The van der Waals surface area contributed by atoms with E-state index in [4.69, 9.17) is 5.10 Å². The first kappa shape index (κ1) is 18.2. The van der Waals surface area contributed by atoms with Gasteiger partial charge in [0.25, 0.3) is 0 Å². The number of hydrogen-bond donors (Lipinski definition) is 0. The summed E-state index contributed by atoms with van der Waals surface area (Å²) < 4.78 is 15.5. The van der Waals surface area contributed by atoms with Gasteiger partial charge in [-0.1, -0.05) is 0 Å². The first-order valence-electron chi connectivity index (χ1n) is 9.83. The molecule has 6 heteroatoms. The van der Waals surface area contributed by atoms with Crippen molar-refractivity contribution in [2.45, 2.75) is 51.7 Å². The summed E-state index contributed by atoms with van der Waals surface area (Å²) in [5, 5.41) is 4.91. The smallest absolute Gasteiger partial charge is 0.219 e. The van der Waals surface area contributed by atoms with E-state index in [1.807, 2.05) is 4.90 Å². The number of aryl methyl sites for hydroxylation is 1. The van der Waals surface area contributed by atoms with E-state index < -0.39 is 0 Å². The number of rotatable bonds is 4. The minimum absolute atomic E-state index is 0.0889. The van der Waals surface area contributed by atoms with Gasteiger partial charge < -0.3 is 9.80 Å². The number of likely N-dealkylation sites (tertiary alicyclic amines) is 1. The highest BCUT2D eigenvalue weighted by Gasteiger charge is 2.28. The Morgan fingerprint density at radius 1 is 1.26 bits per heavy atom. The fourth-order valence-electron chi connectivity index (χ4n) is 4.40. The summed E-state index contributed by atoms with van der Waals surface area (Å²) in [6, 6.07) is 7.12. The highest BCUT2D eigenvalue weighted by molar-refractivity contribution is 5.74. The van der Waals surface area contributed by atoms with Gasteiger partial charge >= 0.3 is 0 Å². The Morgan fingerprint density at radius 3 is 2.70 bits per heavy atom. The standard InChI is InChI=1S/C21H27FN4O/c1-15(27)25-12-10-20-19(14-25)21(16-5-7-17(22)8-6-16)23-26(20)13-9-18-4-3-11-24(18)2/h5-8,18H,3-4,9-14H2,1-2H3. The van der Waals surface area contributed by atoms with Crippen LogP contribution in [0.25, 0.3) is 11.3 Å². The molecule has 1 unspecified atom stereocenters. The van der Waals surface area contributed by atoms with E-state index in [0.717, 1.165) is 42.8 Å². The van der Waals surface area contributed by atoms with Crippen LogP contribution in [0.2, 0.25) is 0 Å². The molecule has 2 aliphatic rings. The maximum atomic E-state index is 13.4. The zero-order valence-corrected chi connectivity index (χ0v) is 16.1. The first-order valence-corrected chi connectivity index (χ1v) is 9.83. The zero-order valence-electron chi connectivity index (χ0n) is 16.1. The lowest BCUT2D eigenvalue weighted by atomic mass is 10.0. The van der Waals surface area contributed by atoms with Crippen LogP contribution in [0.15, 0.2) is 24.3 Å². The third-order valence-corrected chi connectivity index (χ3v) is 6.04. The van der Waals surface area contributed by atoms with Crippen molar-refractivity contribution in [1.29, 1.82) is 0 Å². The molecule has 1 aromatic heterocycles. The molecule has 0 radical (unpaired) electrons.